The molecule has 12 heteroatoms. The van der Waals surface area contributed by atoms with Crippen molar-refractivity contribution in [3.63, 3.8) is 0 Å². The van der Waals surface area contributed by atoms with E-state index in [2.05, 4.69) is 25.9 Å². The first-order valence-corrected chi connectivity index (χ1v) is 6.87. The molecule has 1 aromatic carbocycles. The molecule has 0 atom stereocenters. The first-order valence-electron chi connectivity index (χ1n) is 6.50. The van der Waals surface area contributed by atoms with Gasteiger partial charge in [0.15, 0.2) is 0 Å². The normalized spacial score (nSPS) is 11.2. The lowest BCUT2D eigenvalue weighted by atomic mass is 10.2. The Kier molecular flexibility index (Phi) is 5.37. The van der Waals surface area contributed by atoms with Gasteiger partial charge in [0.1, 0.15) is 12.3 Å². The van der Waals surface area contributed by atoms with Crippen molar-refractivity contribution in [2.24, 2.45) is 5.10 Å². The molecule has 0 spiro atoms. The molecule has 0 aliphatic rings. The van der Waals surface area contributed by atoms with Crippen LogP contribution in [0.2, 0.25) is 5.02 Å². The monoisotopic (exact) mass is 353 g/mol. The number of nitro groups is 1. The van der Waals surface area contributed by atoms with Crippen LogP contribution in [0.25, 0.3) is 0 Å². The first kappa shape index (κ1) is 17.3. The number of tetrazole rings is 1. The van der Waals surface area contributed by atoms with Gasteiger partial charge in [0.05, 0.1) is 28.6 Å². The molecule has 0 bridgehead atoms. The average molecular weight is 354 g/mol. The summed E-state index contributed by atoms with van der Waals surface area (Å²) in [4.78, 5) is 22.8. The number of hydrogen-bond acceptors (Lipinski definition) is 8. The fourth-order valence-corrected chi connectivity index (χ4v) is 1.85. The maximum atomic E-state index is 12.1. The van der Waals surface area contributed by atoms with E-state index < -0.39 is 16.8 Å². The minimum Gasteiger partial charge on any atom is -0.496 e. The van der Waals surface area contributed by atoms with E-state index in [-0.39, 0.29) is 12.1 Å². The van der Waals surface area contributed by atoms with Crippen molar-refractivity contribution in [1.29, 1.82) is 0 Å². The third-order valence-corrected chi connectivity index (χ3v) is 2.97. The molecule has 126 valence electrons. The highest BCUT2D eigenvalue weighted by atomic mass is 35.5. The number of ether oxygens (including phenoxy) is 1. The Bertz CT molecular complexity index is 804. The van der Waals surface area contributed by atoms with Crippen LogP contribution in [0, 0.1) is 10.1 Å². The second-order valence-electron chi connectivity index (χ2n) is 4.51. The molecule has 1 N–H and O–H groups in total. The topological polar surface area (TPSA) is 137 Å². The van der Waals surface area contributed by atoms with Crippen LogP contribution in [0.5, 0.6) is 5.75 Å². The predicted molar refractivity (Wildman–Crippen MR) is 83.1 cm³/mol. The van der Waals surface area contributed by atoms with Crippen molar-refractivity contribution >= 4 is 29.2 Å². The van der Waals surface area contributed by atoms with Crippen molar-refractivity contribution in [2.75, 3.05) is 7.11 Å². The van der Waals surface area contributed by atoms with E-state index >= 15 is 0 Å². The molecule has 1 aromatic heterocycles. The average Bonchev–Trinajstić information content (AvgIpc) is 3.01. The lowest BCUT2D eigenvalue weighted by molar-refractivity contribution is -0.394. The van der Waals surface area contributed by atoms with E-state index in [4.69, 9.17) is 16.3 Å². The van der Waals surface area contributed by atoms with Crippen LogP contribution in [0.1, 0.15) is 17.3 Å². The minimum absolute atomic E-state index is 0.0216. The molecule has 0 saturated heterocycles. The highest BCUT2D eigenvalue weighted by Gasteiger charge is 2.16. The molecule has 0 radical (unpaired) electrons. The van der Waals surface area contributed by atoms with Gasteiger partial charge in [-0.25, -0.2) is 5.43 Å². The zero-order valence-corrected chi connectivity index (χ0v) is 13.4. The summed E-state index contributed by atoms with van der Waals surface area (Å²) in [5.41, 5.74) is 2.96. The largest absolute Gasteiger partial charge is 0.514 e. The lowest BCUT2D eigenvalue weighted by Crippen LogP contribution is -2.21. The summed E-state index contributed by atoms with van der Waals surface area (Å²) in [6, 6.07) is 4.60. The Labute approximate surface area is 140 Å². The highest BCUT2D eigenvalue weighted by Crippen LogP contribution is 2.22. The molecule has 1 amide bonds. The van der Waals surface area contributed by atoms with Gasteiger partial charge in [-0.2, -0.15) is 5.10 Å². The third-order valence-electron chi connectivity index (χ3n) is 2.73. The van der Waals surface area contributed by atoms with Crippen molar-refractivity contribution in [1.82, 2.24) is 25.6 Å². The fraction of sp³-hybridized carbons (Fsp3) is 0.250. The Morgan fingerprint density at radius 3 is 2.92 bits per heavy atom. The standard InChI is InChI=1S/C12H12ClN7O4/c1-7(6-19-17-12(16-18-19)20(22)23)14-15-11(21)9-5-8(13)3-4-10(9)24-2/h3-5H,6H2,1-2H3,(H,15,21)/b14-7-. The smallest absolute Gasteiger partial charge is 0.496 e. The number of nitrogens with zero attached hydrogens (tertiary/aromatic N) is 6. The summed E-state index contributed by atoms with van der Waals surface area (Å²) in [6.45, 7) is 1.61. The molecule has 0 aliphatic carbocycles. The maximum Gasteiger partial charge on any atom is 0.514 e. The van der Waals surface area contributed by atoms with Crippen LogP contribution in [0.3, 0.4) is 0 Å². The number of benzene rings is 1. The Hall–Kier alpha value is -3.08. The van der Waals surface area contributed by atoms with Crippen LogP contribution in [0.15, 0.2) is 23.3 Å². The number of hydrogen-bond donors (Lipinski definition) is 1. The molecular weight excluding hydrogens is 342 g/mol. The summed E-state index contributed by atoms with van der Waals surface area (Å²) < 4.78 is 5.08. The van der Waals surface area contributed by atoms with Gasteiger partial charge < -0.3 is 14.9 Å². The molecule has 0 saturated carbocycles. The number of aromatic nitrogens is 4. The summed E-state index contributed by atoms with van der Waals surface area (Å²) in [7, 11) is 1.43. The predicted octanol–water partition coefficient (Wildman–Crippen LogP) is 1.05. The molecule has 0 unspecified atom stereocenters. The Morgan fingerprint density at radius 1 is 1.54 bits per heavy atom. The number of hydrazone groups is 1. The lowest BCUT2D eigenvalue weighted by Gasteiger charge is -2.07. The molecule has 24 heavy (non-hydrogen) atoms. The van der Waals surface area contributed by atoms with Gasteiger partial charge >= 0.3 is 5.95 Å². The summed E-state index contributed by atoms with van der Waals surface area (Å²) >= 11 is 5.86. The van der Waals surface area contributed by atoms with E-state index in [1.165, 1.54) is 13.2 Å². The number of nitrogens with one attached hydrogen (secondary N) is 1. The zero-order valence-electron chi connectivity index (χ0n) is 12.6. The molecule has 1 heterocycles. The second kappa shape index (κ2) is 7.46. The van der Waals surface area contributed by atoms with Crippen LogP contribution in [-0.2, 0) is 6.54 Å². The number of carbonyl (C=O) groups is 1. The van der Waals surface area contributed by atoms with Crippen molar-refractivity contribution in [3.05, 3.63) is 38.9 Å². The molecule has 2 rings (SSSR count). The second-order valence-corrected chi connectivity index (χ2v) is 4.95. The Morgan fingerprint density at radius 2 is 2.29 bits per heavy atom. The SMILES string of the molecule is COc1ccc(Cl)cc1C(=O)N/N=C(/C)Cn1nnc([N+](=O)[O-])n1. The quantitative estimate of drug-likeness (QED) is 0.465. The van der Waals surface area contributed by atoms with Crippen molar-refractivity contribution < 1.29 is 14.5 Å². The van der Waals surface area contributed by atoms with E-state index in [9.17, 15) is 14.9 Å². The fourth-order valence-electron chi connectivity index (χ4n) is 1.68. The van der Waals surface area contributed by atoms with Crippen molar-refractivity contribution in [2.45, 2.75) is 13.5 Å². The number of halogens is 1. The van der Waals surface area contributed by atoms with Crippen LogP contribution in [0.4, 0.5) is 5.95 Å². The highest BCUT2D eigenvalue weighted by molar-refractivity contribution is 6.31. The van der Waals surface area contributed by atoms with Crippen LogP contribution < -0.4 is 10.2 Å². The van der Waals surface area contributed by atoms with E-state index in [0.29, 0.717) is 16.5 Å². The van der Waals surface area contributed by atoms with Crippen LogP contribution in [-0.4, -0.2) is 43.9 Å². The number of carbonyl (C=O) groups excluding carboxylic acids is 1. The van der Waals surface area contributed by atoms with Gasteiger partial charge in [-0.1, -0.05) is 16.4 Å². The van der Waals surface area contributed by atoms with Gasteiger partial charge in [-0.05, 0) is 30.0 Å². The molecule has 0 aliphatic heterocycles. The minimum atomic E-state index is -0.761. The number of amides is 1. The number of methoxy groups -OCH3 is 1. The van der Waals surface area contributed by atoms with E-state index in [0.717, 1.165) is 4.80 Å². The first-order chi connectivity index (χ1) is 11.4. The van der Waals surface area contributed by atoms with Gasteiger partial charge in [0.25, 0.3) is 5.91 Å². The van der Waals surface area contributed by atoms with E-state index in [1.807, 2.05) is 0 Å². The van der Waals surface area contributed by atoms with Crippen LogP contribution >= 0.6 is 11.6 Å². The maximum absolute atomic E-state index is 12.1. The Balaban J connectivity index is 2.05. The molecule has 2 aromatic rings. The summed E-state index contributed by atoms with van der Waals surface area (Å²) in [6.07, 6.45) is 0. The molecule has 11 nitrogen and oxygen atoms in total. The van der Waals surface area contributed by atoms with E-state index in [1.54, 1.807) is 19.1 Å². The van der Waals surface area contributed by atoms with Gasteiger partial charge in [0.2, 0.25) is 0 Å². The molecular formula is C12H12ClN7O4. The van der Waals surface area contributed by atoms with Gasteiger partial charge in [-0.3, -0.25) is 4.79 Å². The zero-order chi connectivity index (χ0) is 17.7. The third kappa shape index (κ3) is 4.23. The summed E-state index contributed by atoms with van der Waals surface area (Å²) in [5, 5.41) is 25.0. The summed E-state index contributed by atoms with van der Waals surface area (Å²) in [5.74, 6) is -0.792. The molecule has 0 fully saturated rings. The number of rotatable bonds is 6. The van der Waals surface area contributed by atoms with Gasteiger partial charge in [0, 0.05) is 10.2 Å². The van der Waals surface area contributed by atoms with Gasteiger partial charge in [-0.15, -0.1) is 0 Å². The van der Waals surface area contributed by atoms with Crippen molar-refractivity contribution in [3.8, 4) is 5.75 Å².